The summed E-state index contributed by atoms with van der Waals surface area (Å²) < 4.78 is 7.21. The molecule has 2 rings (SSSR count). The first kappa shape index (κ1) is 11.7. The molecule has 0 aliphatic carbocycles. The summed E-state index contributed by atoms with van der Waals surface area (Å²) in [5, 5.41) is 0. The van der Waals surface area contributed by atoms with Gasteiger partial charge in [-0.3, -0.25) is 0 Å². The largest absolute Gasteiger partial charge is 0.497 e. The van der Waals surface area contributed by atoms with Crippen LogP contribution in [0.1, 0.15) is 24.2 Å². The van der Waals surface area contributed by atoms with Gasteiger partial charge in [0.25, 0.3) is 0 Å². The highest BCUT2D eigenvalue weighted by molar-refractivity contribution is 5.46. The molecule has 1 heterocycles. The Kier molecular flexibility index (Phi) is 3.15. The molecule has 90 valence electrons. The van der Waals surface area contributed by atoms with E-state index in [1.807, 2.05) is 36.6 Å². The van der Waals surface area contributed by atoms with Crippen molar-refractivity contribution in [1.82, 2.24) is 9.55 Å². The van der Waals surface area contributed by atoms with Gasteiger partial charge in [-0.1, -0.05) is 0 Å². The summed E-state index contributed by atoms with van der Waals surface area (Å²) in [5.41, 5.74) is 9.12. The van der Waals surface area contributed by atoms with Crippen molar-refractivity contribution in [2.24, 2.45) is 5.73 Å². The second-order valence-corrected chi connectivity index (χ2v) is 4.13. The van der Waals surface area contributed by atoms with Gasteiger partial charge in [0, 0.05) is 6.04 Å². The van der Waals surface area contributed by atoms with Gasteiger partial charge in [0.1, 0.15) is 5.75 Å². The Labute approximate surface area is 101 Å². The summed E-state index contributed by atoms with van der Waals surface area (Å²) in [4.78, 5) is 4.16. The average molecular weight is 231 g/mol. The van der Waals surface area contributed by atoms with Crippen LogP contribution in [0.25, 0.3) is 5.69 Å². The van der Waals surface area contributed by atoms with E-state index in [0.717, 1.165) is 22.7 Å². The van der Waals surface area contributed by atoms with Crippen LogP contribution in [0.5, 0.6) is 5.75 Å². The highest BCUT2D eigenvalue weighted by Crippen LogP contribution is 2.23. The molecule has 0 fully saturated rings. The number of benzene rings is 1. The number of methoxy groups -OCH3 is 1. The molecular formula is C13H17N3O. The Morgan fingerprint density at radius 3 is 2.76 bits per heavy atom. The van der Waals surface area contributed by atoms with Crippen LogP contribution in [-0.2, 0) is 0 Å². The van der Waals surface area contributed by atoms with Crippen LogP contribution in [0.3, 0.4) is 0 Å². The highest BCUT2D eigenvalue weighted by Gasteiger charge is 2.10. The van der Waals surface area contributed by atoms with Gasteiger partial charge in [-0.2, -0.15) is 0 Å². The zero-order valence-corrected chi connectivity index (χ0v) is 10.3. The van der Waals surface area contributed by atoms with Crippen molar-refractivity contribution < 1.29 is 4.74 Å². The van der Waals surface area contributed by atoms with Gasteiger partial charge in [0.05, 0.1) is 31.0 Å². The smallest absolute Gasteiger partial charge is 0.119 e. The summed E-state index contributed by atoms with van der Waals surface area (Å²) in [6.07, 6.45) is 3.59. The molecule has 0 unspecified atom stereocenters. The van der Waals surface area contributed by atoms with Crippen molar-refractivity contribution in [3.05, 3.63) is 42.0 Å². The van der Waals surface area contributed by atoms with Gasteiger partial charge in [-0.05, 0) is 37.6 Å². The van der Waals surface area contributed by atoms with Crippen molar-refractivity contribution >= 4 is 0 Å². The average Bonchev–Trinajstić information content (AvgIpc) is 2.77. The molecule has 1 aromatic carbocycles. The lowest BCUT2D eigenvalue weighted by atomic mass is 10.1. The molecule has 4 heteroatoms. The third kappa shape index (κ3) is 2.17. The molecular weight excluding hydrogens is 214 g/mol. The zero-order valence-electron chi connectivity index (χ0n) is 10.3. The fraction of sp³-hybridized carbons (Fsp3) is 0.308. The molecule has 2 aromatic rings. The zero-order chi connectivity index (χ0) is 12.4. The molecule has 0 bridgehead atoms. The second kappa shape index (κ2) is 4.59. The SMILES string of the molecule is COc1ccc(-n2cncc2[C@H](C)N)c(C)c1. The summed E-state index contributed by atoms with van der Waals surface area (Å²) in [6, 6.07) is 5.91. The first-order valence-electron chi connectivity index (χ1n) is 5.56. The van der Waals surface area contributed by atoms with Crippen molar-refractivity contribution in [3.8, 4) is 11.4 Å². The van der Waals surface area contributed by atoms with Gasteiger partial charge >= 0.3 is 0 Å². The van der Waals surface area contributed by atoms with Crippen molar-refractivity contribution in [1.29, 1.82) is 0 Å². The Bertz CT molecular complexity index is 517. The van der Waals surface area contributed by atoms with Crippen LogP contribution < -0.4 is 10.5 Å². The quantitative estimate of drug-likeness (QED) is 0.881. The van der Waals surface area contributed by atoms with Gasteiger partial charge in [0.15, 0.2) is 0 Å². The molecule has 2 N–H and O–H groups in total. The van der Waals surface area contributed by atoms with Crippen LogP contribution in [-0.4, -0.2) is 16.7 Å². The van der Waals surface area contributed by atoms with Gasteiger partial charge in [0.2, 0.25) is 0 Å². The molecule has 17 heavy (non-hydrogen) atoms. The number of nitrogens with zero attached hydrogens (tertiary/aromatic N) is 2. The molecule has 0 aliphatic rings. The first-order chi connectivity index (χ1) is 8.13. The van der Waals surface area contributed by atoms with Crippen molar-refractivity contribution in [3.63, 3.8) is 0 Å². The lowest BCUT2D eigenvalue weighted by Crippen LogP contribution is -2.11. The number of hydrogen-bond acceptors (Lipinski definition) is 3. The van der Waals surface area contributed by atoms with E-state index in [0.29, 0.717) is 0 Å². The summed E-state index contributed by atoms with van der Waals surface area (Å²) in [5.74, 6) is 0.855. The van der Waals surface area contributed by atoms with Crippen LogP contribution in [0.2, 0.25) is 0 Å². The number of aromatic nitrogens is 2. The fourth-order valence-corrected chi connectivity index (χ4v) is 1.87. The van der Waals surface area contributed by atoms with E-state index in [-0.39, 0.29) is 6.04 Å². The number of hydrogen-bond donors (Lipinski definition) is 1. The summed E-state index contributed by atoms with van der Waals surface area (Å²) >= 11 is 0. The molecule has 4 nitrogen and oxygen atoms in total. The minimum Gasteiger partial charge on any atom is -0.497 e. The molecule has 1 atom stereocenters. The van der Waals surface area contributed by atoms with Gasteiger partial charge in [-0.15, -0.1) is 0 Å². The number of imidazole rings is 1. The normalized spacial score (nSPS) is 12.5. The summed E-state index contributed by atoms with van der Waals surface area (Å²) in [6.45, 7) is 4.00. The lowest BCUT2D eigenvalue weighted by Gasteiger charge is -2.13. The molecule has 0 aliphatic heterocycles. The molecule has 1 aromatic heterocycles. The lowest BCUT2D eigenvalue weighted by molar-refractivity contribution is 0.414. The summed E-state index contributed by atoms with van der Waals surface area (Å²) in [7, 11) is 1.67. The van der Waals surface area contributed by atoms with Crippen LogP contribution in [0.15, 0.2) is 30.7 Å². The molecule has 0 radical (unpaired) electrons. The van der Waals surface area contributed by atoms with Crippen LogP contribution >= 0.6 is 0 Å². The predicted octanol–water partition coefficient (Wildman–Crippen LogP) is 2.21. The van der Waals surface area contributed by atoms with E-state index < -0.39 is 0 Å². The third-order valence-electron chi connectivity index (χ3n) is 2.80. The van der Waals surface area contributed by atoms with Gasteiger partial charge < -0.3 is 15.0 Å². The number of aryl methyl sites for hydroxylation is 1. The van der Waals surface area contributed by atoms with Crippen molar-refractivity contribution in [2.45, 2.75) is 19.9 Å². The number of nitrogens with two attached hydrogens (primary N) is 1. The van der Waals surface area contributed by atoms with Gasteiger partial charge in [-0.25, -0.2) is 4.98 Å². The Hall–Kier alpha value is -1.81. The van der Waals surface area contributed by atoms with Crippen LogP contribution in [0, 0.1) is 6.92 Å². The maximum absolute atomic E-state index is 5.92. The Morgan fingerprint density at radius 1 is 1.41 bits per heavy atom. The maximum Gasteiger partial charge on any atom is 0.119 e. The molecule has 0 saturated heterocycles. The van der Waals surface area contributed by atoms with E-state index in [9.17, 15) is 0 Å². The molecule has 0 saturated carbocycles. The second-order valence-electron chi connectivity index (χ2n) is 4.13. The third-order valence-corrected chi connectivity index (χ3v) is 2.80. The monoisotopic (exact) mass is 231 g/mol. The minimum absolute atomic E-state index is 0.0426. The predicted molar refractivity (Wildman–Crippen MR) is 67.5 cm³/mol. The Morgan fingerprint density at radius 2 is 2.18 bits per heavy atom. The molecule has 0 amide bonds. The molecule has 0 spiro atoms. The van der Waals surface area contributed by atoms with E-state index >= 15 is 0 Å². The Balaban J connectivity index is 2.49. The number of rotatable bonds is 3. The number of ether oxygens (including phenoxy) is 1. The minimum atomic E-state index is -0.0426. The highest BCUT2D eigenvalue weighted by atomic mass is 16.5. The maximum atomic E-state index is 5.92. The van der Waals surface area contributed by atoms with E-state index in [1.54, 1.807) is 19.6 Å². The van der Waals surface area contributed by atoms with E-state index in [2.05, 4.69) is 4.98 Å². The standard InChI is InChI=1S/C13H17N3O/c1-9-6-11(17-3)4-5-12(9)16-8-15-7-13(16)10(2)14/h4-8,10H,14H2,1-3H3/t10-/m0/s1. The topological polar surface area (TPSA) is 53.1 Å². The van der Waals surface area contributed by atoms with Crippen molar-refractivity contribution in [2.75, 3.05) is 7.11 Å². The fourth-order valence-electron chi connectivity index (χ4n) is 1.87. The van der Waals surface area contributed by atoms with E-state index in [1.165, 1.54) is 0 Å². The van der Waals surface area contributed by atoms with Crippen LogP contribution in [0.4, 0.5) is 0 Å². The first-order valence-corrected chi connectivity index (χ1v) is 5.56. The van der Waals surface area contributed by atoms with E-state index in [4.69, 9.17) is 10.5 Å².